The second kappa shape index (κ2) is 6.05. The van der Waals surface area contributed by atoms with Gasteiger partial charge in [-0.2, -0.15) is 0 Å². The number of methoxy groups -OCH3 is 2. The second-order valence-corrected chi connectivity index (χ2v) is 3.58. The Morgan fingerprint density at radius 3 is 2.67 bits per heavy atom. The van der Waals surface area contributed by atoms with E-state index >= 15 is 0 Å². The van der Waals surface area contributed by atoms with E-state index in [1.165, 1.54) is 6.92 Å². The molecule has 0 saturated carbocycles. The molecule has 0 aliphatic carbocycles. The molecular formula is C10H18O5. The van der Waals surface area contributed by atoms with Gasteiger partial charge in [0.25, 0.3) is 0 Å². The fraction of sp³-hybridized carbons (Fsp3) is 0.900. The number of carbonyl (C=O) groups excluding carboxylic acids is 1. The Labute approximate surface area is 89.6 Å². The lowest BCUT2D eigenvalue weighted by atomic mass is 10.1. The molecule has 1 aliphatic rings. The number of carbonyl (C=O) groups is 1. The summed E-state index contributed by atoms with van der Waals surface area (Å²) in [5, 5.41) is 0. The zero-order chi connectivity index (χ0) is 11.3. The van der Waals surface area contributed by atoms with E-state index < -0.39 is 0 Å². The van der Waals surface area contributed by atoms with Crippen LogP contribution in [0.3, 0.4) is 0 Å². The van der Waals surface area contributed by atoms with Crippen molar-refractivity contribution in [3.05, 3.63) is 0 Å². The van der Waals surface area contributed by atoms with Gasteiger partial charge in [-0.25, -0.2) is 0 Å². The Kier molecular flexibility index (Phi) is 5.01. The molecule has 1 rings (SSSR count). The fourth-order valence-electron chi connectivity index (χ4n) is 1.71. The van der Waals surface area contributed by atoms with Crippen molar-refractivity contribution < 1.29 is 23.7 Å². The molecule has 5 nitrogen and oxygen atoms in total. The van der Waals surface area contributed by atoms with Crippen LogP contribution in [0.25, 0.3) is 0 Å². The summed E-state index contributed by atoms with van der Waals surface area (Å²) in [6.45, 7) is 1.89. The molecule has 0 spiro atoms. The zero-order valence-electron chi connectivity index (χ0n) is 9.39. The van der Waals surface area contributed by atoms with Gasteiger partial charge < -0.3 is 18.9 Å². The average Bonchev–Trinajstić information content (AvgIpc) is 2.16. The lowest BCUT2D eigenvalue weighted by molar-refractivity contribution is -0.218. The Balaban J connectivity index is 2.46. The maximum Gasteiger partial charge on any atom is 0.302 e. The molecule has 0 radical (unpaired) electrons. The fourth-order valence-corrected chi connectivity index (χ4v) is 1.71. The van der Waals surface area contributed by atoms with E-state index in [0.29, 0.717) is 19.4 Å². The Hall–Kier alpha value is -0.650. The summed E-state index contributed by atoms with van der Waals surface area (Å²) < 4.78 is 20.8. The minimum absolute atomic E-state index is 0.0713. The van der Waals surface area contributed by atoms with E-state index in [1.807, 2.05) is 0 Å². The van der Waals surface area contributed by atoms with Gasteiger partial charge in [0, 0.05) is 34.0 Å². The topological polar surface area (TPSA) is 54.0 Å². The third-order valence-electron chi connectivity index (χ3n) is 2.27. The van der Waals surface area contributed by atoms with Crippen molar-refractivity contribution in [2.75, 3.05) is 20.8 Å². The molecule has 0 aromatic heterocycles. The van der Waals surface area contributed by atoms with Crippen LogP contribution < -0.4 is 0 Å². The molecule has 0 N–H and O–H groups in total. The van der Waals surface area contributed by atoms with Crippen molar-refractivity contribution in [1.82, 2.24) is 0 Å². The van der Waals surface area contributed by atoms with Gasteiger partial charge in [0.1, 0.15) is 6.10 Å². The highest BCUT2D eigenvalue weighted by Crippen LogP contribution is 2.22. The first kappa shape index (κ1) is 12.4. The summed E-state index contributed by atoms with van der Waals surface area (Å²) in [7, 11) is 3.19. The van der Waals surface area contributed by atoms with Crippen LogP contribution in [0.5, 0.6) is 0 Å². The molecule has 0 amide bonds. The summed E-state index contributed by atoms with van der Waals surface area (Å²) in [5.74, 6) is -0.270. The predicted molar refractivity (Wildman–Crippen MR) is 52.3 cm³/mol. The van der Waals surface area contributed by atoms with Gasteiger partial charge in [-0.15, -0.1) is 0 Å². The highest BCUT2D eigenvalue weighted by atomic mass is 16.7. The van der Waals surface area contributed by atoms with Crippen molar-refractivity contribution in [2.24, 2.45) is 0 Å². The van der Waals surface area contributed by atoms with Crippen molar-refractivity contribution >= 4 is 5.97 Å². The van der Waals surface area contributed by atoms with Gasteiger partial charge in [-0.3, -0.25) is 4.79 Å². The van der Waals surface area contributed by atoms with Crippen LogP contribution in [0.15, 0.2) is 0 Å². The van der Waals surface area contributed by atoms with E-state index in [4.69, 9.17) is 18.9 Å². The van der Waals surface area contributed by atoms with Crippen LogP contribution in [0, 0.1) is 0 Å². The van der Waals surface area contributed by atoms with E-state index in [1.54, 1.807) is 14.2 Å². The molecule has 88 valence electrons. The first-order valence-electron chi connectivity index (χ1n) is 5.00. The van der Waals surface area contributed by atoms with Crippen molar-refractivity contribution in [3.63, 3.8) is 0 Å². The maximum absolute atomic E-state index is 10.8. The van der Waals surface area contributed by atoms with E-state index in [0.717, 1.165) is 0 Å². The number of esters is 1. The lowest BCUT2D eigenvalue weighted by Gasteiger charge is -2.33. The normalized spacial score (nSPS) is 31.3. The van der Waals surface area contributed by atoms with Crippen molar-refractivity contribution in [3.8, 4) is 0 Å². The number of ether oxygens (including phenoxy) is 4. The lowest BCUT2D eigenvalue weighted by Crippen LogP contribution is -2.40. The zero-order valence-corrected chi connectivity index (χ0v) is 9.39. The third-order valence-corrected chi connectivity index (χ3v) is 2.27. The minimum Gasteiger partial charge on any atom is -0.462 e. The van der Waals surface area contributed by atoms with Crippen molar-refractivity contribution in [2.45, 2.75) is 38.3 Å². The first-order valence-corrected chi connectivity index (χ1v) is 5.00. The summed E-state index contributed by atoms with van der Waals surface area (Å²) in [5.41, 5.74) is 0. The standard InChI is InChI=1S/C10H18O5/c1-7(11)14-8-4-9(6-12-2)15-10(5-8)13-3/h8-10H,4-6H2,1-3H3. The molecule has 3 atom stereocenters. The highest BCUT2D eigenvalue weighted by molar-refractivity contribution is 5.66. The number of rotatable bonds is 4. The van der Waals surface area contributed by atoms with E-state index in [-0.39, 0.29) is 24.5 Å². The molecule has 1 saturated heterocycles. The first-order chi connectivity index (χ1) is 7.15. The minimum atomic E-state index is -0.316. The number of hydrogen-bond donors (Lipinski definition) is 0. The number of hydrogen-bond acceptors (Lipinski definition) is 5. The molecule has 3 unspecified atom stereocenters. The second-order valence-electron chi connectivity index (χ2n) is 3.58. The van der Waals surface area contributed by atoms with Crippen LogP contribution in [0.2, 0.25) is 0 Å². The van der Waals surface area contributed by atoms with Crippen LogP contribution in [0.4, 0.5) is 0 Å². The molecule has 1 aliphatic heterocycles. The molecule has 1 fully saturated rings. The molecular weight excluding hydrogens is 200 g/mol. The molecule has 1 heterocycles. The van der Waals surface area contributed by atoms with Gasteiger partial charge in [0.2, 0.25) is 0 Å². The van der Waals surface area contributed by atoms with Crippen LogP contribution in [-0.2, 0) is 23.7 Å². The van der Waals surface area contributed by atoms with Crippen LogP contribution in [-0.4, -0.2) is 45.3 Å². The van der Waals surface area contributed by atoms with E-state index in [9.17, 15) is 4.79 Å². The van der Waals surface area contributed by atoms with E-state index in [2.05, 4.69) is 0 Å². The molecule has 0 aromatic rings. The quantitative estimate of drug-likeness (QED) is 0.651. The predicted octanol–water partition coefficient (Wildman–Crippen LogP) is 0.716. The van der Waals surface area contributed by atoms with Gasteiger partial charge in [0.15, 0.2) is 6.29 Å². The van der Waals surface area contributed by atoms with Gasteiger partial charge in [-0.1, -0.05) is 0 Å². The SMILES string of the molecule is COCC1CC(OC(C)=O)CC(OC)O1. The summed E-state index contributed by atoms with van der Waals surface area (Å²) >= 11 is 0. The molecule has 15 heavy (non-hydrogen) atoms. The van der Waals surface area contributed by atoms with Gasteiger partial charge in [0.05, 0.1) is 12.7 Å². The summed E-state index contributed by atoms with van der Waals surface area (Å²) in [4.78, 5) is 10.8. The highest BCUT2D eigenvalue weighted by Gasteiger charge is 2.31. The van der Waals surface area contributed by atoms with Gasteiger partial charge >= 0.3 is 5.97 Å². The monoisotopic (exact) mass is 218 g/mol. The Bertz CT molecular complexity index is 206. The van der Waals surface area contributed by atoms with Crippen molar-refractivity contribution in [1.29, 1.82) is 0 Å². The summed E-state index contributed by atoms with van der Waals surface area (Å²) in [6.07, 6.45) is 0.714. The molecule has 5 heteroatoms. The van der Waals surface area contributed by atoms with Crippen LogP contribution in [0.1, 0.15) is 19.8 Å². The molecule has 0 bridgehead atoms. The Morgan fingerprint density at radius 1 is 1.40 bits per heavy atom. The maximum atomic E-state index is 10.8. The van der Waals surface area contributed by atoms with Crippen LogP contribution >= 0.6 is 0 Å². The largest absolute Gasteiger partial charge is 0.462 e. The molecule has 0 aromatic carbocycles. The average molecular weight is 218 g/mol. The Morgan fingerprint density at radius 2 is 2.13 bits per heavy atom. The summed E-state index contributed by atoms with van der Waals surface area (Å²) in [6, 6.07) is 0. The third kappa shape index (κ3) is 4.15. The van der Waals surface area contributed by atoms with Gasteiger partial charge in [-0.05, 0) is 0 Å². The smallest absolute Gasteiger partial charge is 0.302 e.